The summed E-state index contributed by atoms with van der Waals surface area (Å²) < 4.78 is 0.953. The van der Waals surface area contributed by atoms with Crippen LogP contribution >= 0.6 is 15.9 Å². The van der Waals surface area contributed by atoms with Gasteiger partial charge in [0.05, 0.1) is 12.0 Å². The molecular formula is C10H15BrN2. The van der Waals surface area contributed by atoms with Crippen molar-refractivity contribution < 1.29 is 0 Å². The molecule has 0 saturated heterocycles. The Labute approximate surface area is 88.1 Å². The fraction of sp³-hybridized carbons (Fsp3) is 0.700. The second-order valence-corrected chi connectivity index (χ2v) is 4.65. The first-order valence-electron chi connectivity index (χ1n) is 4.70. The number of hydrogen-bond acceptors (Lipinski definition) is 2. The van der Waals surface area contributed by atoms with Gasteiger partial charge in [-0.2, -0.15) is 5.26 Å². The van der Waals surface area contributed by atoms with Gasteiger partial charge in [0.15, 0.2) is 0 Å². The van der Waals surface area contributed by atoms with Gasteiger partial charge in [0.2, 0.25) is 0 Å². The van der Waals surface area contributed by atoms with Crippen molar-refractivity contribution in [3.05, 3.63) is 11.1 Å². The van der Waals surface area contributed by atoms with Crippen LogP contribution in [0.5, 0.6) is 0 Å². The minimum absolute atomic E-state index is 0.195. The zero-order valence-electron chi connectivity index (χ0n) is 7.72. The molecule has 0 aromatic carbocycles. The molecule has 0 radical (unpaired) electrons. The van der Waals surface area contributed by atoms with Gasteiger partial charge < -0.3 is 5.32 Å². The minimum Gasteiger partial charge on any atom is -0.308 e. The third kappa shape index (κ3) is 3.50. The van der Waals surface area contributed by atoms with Crippen LogP contribution in [0.4, 0.5) is 0 Å². The van der Waals surface area contributed by atoms with Gasteiger partial charge in [-0.05, 0) is 12.8 Å². The molecule has 0 heterocycles. The van der Waals surface area contributed by atoms with Gasteiger partial charge in [-0.1, -0.05) is 35.4 Å². The van der Waals surface area contributed by atoms with E-state index in [1.54, 1.807) is 0 Å². The van der Waals surface area contributed by atoms with Gasteiger partial charge >= 0.3 is 0 Å². The first-order chi connectivity index (χ1) is 6.24. The van der Waals surface area contributed by atoms with Gasteiger partial charge in [-0.25, -0.2) is 0 Å². The SMILES string of the molecule is C=C(Br)CNC1CCCCC1C#N. The fourth-order valence-corrected chi connectivity index (χ4v) is 1.93. The molecule has 0 aliphatic heterocycles. The number of rotatable bonds is 3. The standard InChI is InChI=1S/C10H15BrN2/c1-8(11)7-13-10-5-3-2-4-9(10)6-12/h9-10,13H,1-5,7H2. The lowest BCUT2D eigenvalue weighted by atomic mass is 9.85. The summed E-state index contributed by atoms with van der Waals surface area (Å²) in [7, 11) is 0. The minimum atomic E-state index is 0.195. The highest BCUT2D eigenvalue weighted by atomic mass is 79.9. The topological polar surface area (TPSA) is 35.8 Å². The van der Waals surface area contributed by atoms with Crippen LogP contribution in [-0.4, -0.2) is 12.6 Å². The van der Waals surface area contributed by atoms with Gasteiger partial charge in [0.1, 0.15) is 0 Å². The van der Waals surface area contributed by atoms with Crippen molar-refractivity contribution in [2.45, 2.75) is 31.7 Å². The van der Waals surface area contributed by atoms with E-state index in [-0.39, 0.29) is 5.92 Å². The van der Waals surface area contributed by atoms with Crippen molar-refractivity contribution in [3.63, 3.8) is 0 Å². The molecular weight excluding hydrogens is 228 g/mol. The number of halogens is 1. The van der Waals surface area contributed by atoms with Crippen molar-refractivity contribution >= 4 is 15.9 Å². The van der Waals surface area contributed by atoms with Crippen molar-refractivity contribution in [2.75, 3.05) is 6.54 Å². The molecule has 0 aromatic heterocycles. The van der Waals surface area contributed by atoms with Crippen LogP contribution in [0.2, 0.25) is 0 Å². The summed E-state index contributed by atoms with van der Waals surface area (Å²) in [5.41, 5.74) is 0. The van der Waals surface area contributed by atoms with Crippen LogP contribution in [-0.2, 0) is 0 Å². The number of nitrogens with one attached hydrogen (secondary N) is 1. The van der Waals surface area contributed by atoms with Crippen molar-refractivity contribution in [3.8, 4) is 6.07 Å². The summed E-state index contributed by atoms with van der Waals surface area (Å²) in [4.78, 5) is 0. The Hall–Kier alpha value is -0.330. The fourth-order valence-electron chi connectivity index (χ4n) is 1.77. The molecule has 0 amide bonds. The zero-order chi connectivity index (χ0) is 9.68. The van der Waals surface area contributed by atoms with Crippen LogP contribution < -0.4 is 5.32 Å². The maximum absolute atomic E-state index is 8.90. The lowest BCUT2D eigenvalue weighted by Crippen LogP contribution is -2.38. The molecule has 72 valence electrons. The molecule has 13 heavy (non-hydrogen) atoms. The van der Waals surface area contributed by atoms with Gasteiger partial charge in [-0.3, -0.25) is 0 Å². The molecule has 2 atom stereocenters. The highest BCUT2D eigenvalue weighted by molar-refractivity contribution is 9.11. The van der Waals surface area contributed by atoms with Gasteiger partial charge in [-0.15, -0.1) is 0 Å². The summed E-state index contributed by atoms with van der Waals surface area (Å²) in [6, 6.07) is 2.74. The maximum atomic E-state index is 8.90. The highest BCUT2D eigenvalue weighted by Crippen LogP contribution is 2.23. The Morgan fingerprint density at radius 3 is 2.85 bits per heavy atom. The average Bonchev–Trinajstić information content (AvgIpc) is 2.15. The summed E-state index contributed by atoms with van der Waals surface area (Å²) in [5.74, 6) is 0.195. The predicted molar refractivity (Wildman–Crippen MR) is 57.4 cm³/mol. The molecule has 2 nitrogen and oxygen atoms in total. The lowest BCUT2D eigenvalue weighted by Gasteiger charge is -2.27. The quantitative estimate of drug-likeness (QED) is 0.826. The van der Waals surface area contributed by atoms with Gasteiger partial charge in [0, 0.05) is 17.1 Å². The van der Waals surface area contributed by atoms with E-state index in [0.29, 0.717) is 6.04 Å². The Kier molecular flexibility index (Phi) is 4.47. The third-order valence-corrected chi connectivity index (χ3v) is 2.77. The van der Waals surface area contributed by atoms with E-state index in [4.69, 9.17) is 5.26 Å². The van der Waals surface area contributed by atoms with Crippen LogP contribution in [0.25, 0.3) is 0 Å². The smallest absolute Gasteiger partial charge is 0.0672 e. The molecule has 1 saturated carbocycles. The van der Waals surface area contributed by atoms with Crippen LogP contribution in [0, 0.1) is 17.2 Å². The molecule has 1 aliphatic rings. The Morgan fingerprint density at radius 1 is 1.54 bits per heavy atom. The summed E-state index contributed by atoms with van der Waals surface area (Å²) in [6.45, 7) is 4.53. The Morgan fingerprint density at radius 2 is 2.23 bits per heavy atom. The van der Waals surface area contributed by atoms with Crippen LogP contribution in [0.15, 0.2) is 11.1 Å². The number of hydrogen-bond donors (Lipinski definition) is 1. The lowest BCUT2D eigenvalue weighted by molar-refractivity contribution is 0.321. The summed E-state index contributed by atoms with van der Waals surface area (Å²) in [6.07, 6.45) is 4.61. The third-order valence-electron chi connectivity index (χ3n) is 2.49. The first kappa shape index (κ1) is 10.7. The molecule has 0 bridgehead atoms. The van der Waals surface area contributed by atoms with Crippen molar-refractivity contribution in [1.82, 2.24) is 5.32 Å². The van der Waals surface area contributed by atoms with Crippen molar-refractivity contribution in [2.24, 2.45) is 5.92 Å². The Balaban J connectivity index is 2.37. The van der Waals surface area contributed by atoms with E-state index in [9.17, 15) is 0 Å². The van der Waals surface area contributed by atoms with Crippen LogP contribution in [0.1, 0.15) is 25.7 Å². The molecule has 0 aromatic rings. The summed E-state index contributed by atoms with van der Waals surface area (Å²) >= 11 is 3.30. The summed E-state index contributed by atoms with van der Waals surface area (Å²) in [5, 5.41) is 12.3. The normalized spacial score (nSPS) is 28.0. The molecule has 1 N–H and O–H groups in total. The van der Waals surface area contributed by atoms with E-state index < -0.39 is 0 Å². The highest BCUT2D eigenvalue weighted by Gasteiger charge is 2.23. The molecule has 2 unspecified atom stereocenters. The number of nitrogens with zero attached hydrogens (tertiary/aromatic N) is 1. The second-order valence-electron chi connectivity index (χ2n) is 3.52. The first-order valence-corrected chi connectivity index (χ1v) is 5.49. The molecule has 1 fully saturated rings. The number of nitriles is 1. The van der Waals surface area contributed by atoms with E-state index in [0.717, 1.165) is 23.9 Å². The largest absolute Gasteiger partial charge is 0.308 e. The van der Waals surface area contributed by atoms with E-state index in [1.807, 2.05) is 0 Å². The van der Waals surface area contributed by atoms with Crippen molar-refractivity contribution in [1.29, 1.82) is 5.26 Å². The van der Waals surface area contributed by atoms with E-state index >= 15 is 0 Å². The monoisotopic (exact) mass is 242 g/mol. The van der Waals surface area contributed by atoms with Crippen LogP contribution in [0.3, 0.4) is 0 Å². The zero-order valence-corrected chi connectivity index (χ0v) is 9.31. The molecule has 1 aliphatic carbocycles. The Bertz CT molecular complexity index is 219. The van der Waals surface area contributed by atoms with Gasteiger partial charge in [0.25, 0.3) is 0 Å². The molecule has 0 spiro atoms. The van der Waals surface area contributed by atoms with E-state index in [1.165, 1.54) is 12.8 Å². The molecule has 1 rings (SSSR count). The second kappa shape index (κ2) is 5.41. The average molecular weight is 243 g/mol. The molecule has 3 heteroatoms. The maximum Gasteiger partial charge on any atom is 0.0672 e. The van der Waals surface area contributed by atoms with E-state index in [2.05, 4.69) is 33.9 Å². The predicted octanol–water partition coefficient (Wildman–Crippen LogP) is 2.57.